The fourth-order valence-electron chi connectivity index (χ4n) is 1.55. The maximum atomic E-state index is 12.9. The van der Waals surface area contributed by atoms with Gasteiger partial charge >= 0.3 is 0 Å². The molecule has 2 aromatic carbocycles. The van der Waals surface area contributed by atoms with Crippen molar-refractivity contribution in [2.24, 2.45) is 5.73 Å². The topological polar surface area (TPSA) is 35.2 Å². The van der Waals surface area contributed by atoms with E-state index in [9.17, 15) is 4.39 Å². The van der Waals surface area contributed by atoms with E-state index in [4.69, 9.17) is 22.1 Å². The minimum absolute atomic E-state index is 0.0720. The summed E-state index contributed by atoms with van der Waals surface area (Å²) < 4.78 is 18.5. The van der Waals surface area contributed by atoms with Crippen molar-refractivity contribution in [1.82, 2.24) is 0 Å². The van der Waals surface area contributed by atoms with Crippen molar-refractivity contribution in [2.75, 3.05) is 0 Å². The minimum Gasteiger partial charge on any atom is -0.456 e. The zero-order chi connectivity index (χ0) is 13.1. The van der Waals surface area contributed by atoms with Crippen molar-refractivity contribution < 1.29 is 9.13 Å². The van der Waals surface area contributed by atoms with Crippen LogP contribution in [0.3, 0.4) is 0 Å². The van der Waals surface area contributed by atoms with Gasteiger partial charge in [0.2, 0.25) is 0 Å². The van der Waals surface area contributed by atoms with Crippen LogP contribution in [0.2, 0.25) is 5.02 Å². The molecule has 0 fully saturated rings. The zero-order valence-corrected chi connectivity index (χ0v) is 10.6. The molecule has 2 nitrogen and oxygen atoms in total. The summed E-state index contributed by atoms with van der Waals surface area (Å²) in [6.45, 7) is 1.89. The molecule has 0 aliphatic carbocycles. The molecule has 2 aromatic rings. The summed E-state index contributed by atoms with van der Waals surface area (Å²) >= 11 is 5.89. The van der Waals surface area contributed by atoms with Crippen LogP contribution < -0.4 is 10.5 Å². The van der Waals surface area contributed by atoms with E-state index >= 15 is 0 Å². The number of ether oxygens (including phenoxy) is 1. The van der Waals surface area contributed by atoms with Gasteiger partial charge in [0, 0.05) is 6.04 Å². The van der Waals surface area contributed by atoms with E-state index < -0.39 is 5.82 Å². The Labute approximate surface area is 110 Å². The second-order valence-electron chi connectivity index (χ2n) is 4.04. The van der Waals surface area contributed by atoms with Crippen molar-refractivity contribution in [2.45, 2.75) is 13.0 Å². The molecule has 0 radical (unpaired) electrons. The first-order chi connectivity index (χ1) is 8.56. The van der Waals surface area contributed by atoms with Crippen LogP contribution >= 0.6 is 11.6 Å². The normalized spacial score (nSPS) is 12.2. The molecule has 0 saturated carbocycles. The molecule has 94 valence electrons. The lowest BCUT2D eigenvalue weighted by molar-refractivity contribution is 0.479. The quantitative estimate of drug-likeness (QED) is 0.898. The van der Waals surface area contributed by atoms with Gasteiger partial charge in [-0.1, -0.05) is 23.7 Å². The average molecular weight is 266 g/mol. The predicted octanol–water partition coefficient (Wildman–Crippen LogP) is 4.29. The molecular weight excluding hydrogens is 253 g/mol. The van der Waals surface area contributed by atoms with E-state index in [0.717, 1.165) is 5.56 Å². The van der Waals surface area contributed by atoms with Crippen LogP contribution in [0.1, 0.15) is 18.5 Å². The summed E-state index contributed by atoms with van der Waals surface area (Å²) in [5, 5.41) is 0.237. The molecule has 4 heteroatoms. The molecule has 1 atom stereocenters. The first-order valence-corrected chi connectivity index (χ1v) is 5.92. The highest BCUT2D eigenvalue weighted by Crippen LogP contribution is 2.30. The summed E-state index contributed by atoms with van der Waals surface area (Å²) in [7, 11) is 0. The first kappa shape index (κ1) is 12.9. The molecule has 0 aromatic heterocycles. The highest BCUT2D eigenvalue weighted by Gasteiger charge is 2.06. The average Bonchev–Trinajstić information content (AvgIpc) is 2.33. The smallest absolute Gasteiger partial charge is 0.146 e. The van der Waals surface area contributed by atoms with Gasteiger partial charge in [0.25, 0.3) is 0 Å². The van der Waals surface area contributed by atoms with Crippen molar-refractivity contribution in [3.8, 4) is 11.5 Å². The fraction of sp³-hybridized carbons (Fsp3) is 0.143. The van der Waals surface area contributed by atoms with E-state index in [-0.39, 0.29) is 11.1 Å². The summed E-state index contributed by atoms with van der Waals surface area (Å²) in [4.78, 5) is 0. The molecule has 2 rings (SSSR count). The van der Waals surface area contributed by atoms with Gasteiger partial charge in [0.05, 0.1) is 5.02 Å². The van der Waals surface area contributed by atoms with Gasteiger partial charge in [-0.05, 0) is 42.8 Å². The molecule has 0 bridgehead atoms. The number of hydrogen-bond donors (Lipinski definition) is 1. The van der Waals surface area contributed by atoms with Crippen LogP contribution in [0.15, 0.2) is 42.5 Å². The van der Waals surface area contributed by atoms with Gasteiger partial charge < -0.3 is 10.5 Å². The Morgan fingerprint density at radius 1 is 1.22 bits per heavy atom. The number of hydrogen-bond acceptors (Lipinski definition) is 2. The highest BCUT2D eigenvalue weighted by atomic mass is 35.5. The third kappa shape index (κ3) is 3.00. The van der Waals surface area contributed by atoms with Gasteiger partial charge in [-0.25, -0.2) is 4.39 Å². The molecule has 1 unspecified atom stereocenters. The third-order valence-electron chi connectivity index (χ3n) is 2.51. The summed E-state index contributed by atoms with van der Waals surface area (Å²) in [5.41, 5.74) is 6.76. The Morgan fingerprint density at radius 3 is 2.67 bits per heavy atom. The number of nitrogens with two attached hydrogens (primary N) is 1. The van der Waals surface area contributed by atoms with Crippen molar-refractivity contribution in [3.63, 3.8) is 0 Å². The zero-order valence-electron chi connectivity index (χ0n) is 9.86. The number of rotatable bonds is 3. The molecule has 18 heavy (non-hydrogen) atoms. The molecular formula is C14H13ClFNO. The van der Waals surface area contributed by atoms with Gasteiger partial charge in [-0.2, -0.15) is 0 Å². The van der Waals surface area contributed by atoms with Crippen LogP contribution in [0, 0.1) is 5.82 Å². The van der Waals surface area contributed by atoms with E-state index in [0.29, 0.717) is 11.5 Å². The molecule has 0 aliphatic heterocycles. The summed E-state index contributed by atoms with van der Waals surface area (Å²) in [6.07, 6.45) is 0. The molecule has 2 N–H and O–H groups in total. The lowest BCUT2D eigenvalue weighted by Gasteiger charge is -2.10. The van der Waals surface area contributed by atoms with Gasteiger partial charge in [-0.15, -0.1) is 0 Å². The molecule has 0 aliphatic rings. The molecule has 0 saturated heterocycles. The monoisotopic (exact) mass is 265 g/mol. The molecule has 0 heterocycles. The number of halogens is 2. The maximum Gasteiger partial charge on any atom is 0.146 e. The standard InChI is InChI=1S/C14H13ClFNO/c1-9(17)10-3-2-4-12(7-10)18-14-6-5-11(16)8-13(14)15/h2-9H,17H2,1H3. The highest BCUT2D eigenvalue weighted by molar-refractivity contribution is 6.32. The molecule has 0 amide bonds. The van der Waals surface area contributed by atoms with Crippen molar-refractivity contribution in [3.05, 3.63) is 58.9 Å². The SMILES string of the molecule is CC(N)c1cccc(Oc2ccc(F)cc2Cl)c1. The second-order valence-corrected chi connectivity index (χ2v) is 4.45. The first-order valence-electron chi connectivity index (χ1n) is 5.54. The van der Waals surface area contributed by atoms with E-state index in [1.165, 1.54) is 18.2 Å². The van der Waals surface area contributed by atoms with E-state index in [1.807, 2.05) is 25.1 Å². The van der Waals surface area contributed by atoms with Gasteiger partial charge in [0.15, 0.2) is 0 Å². The lowest BCUT2D eigenvalue weighted by Crippen LogP contribution is -2.04. The number of benzene rings is 2. The Kier molecular flexibility index (Phi) is 3.84. The lowest BCUT2D eigenvalue weighted by atomic mass is 10.1. The van der Waals surface area contributed by atoms with Crippen molar-refractivity contribution in [1.29, 1.82) is 0 Å². The minimum atomic E-state index is -0.392. The van der Waals surface area contributed by atoms with Crippen molar-refractivity contribution >= 4 is 11.6 Å². The second kappa shape index (κ2) is 5.38. The van der Waals surface area contributed by atoms with Gasteiger partial charge in [-0.3, -0.25) is 0 Å². The van der Waals surface area contributed by atoms with Crippen LogP contribution in [-0.2, 0) is 0 Å². The Morgan fingerprint density at radius 2 is 2.00 bits per heavy atom. The van der Waals surface area contributed by atoms with Crippen LogP contribution in [-0.4, -0.2) is 0 Å². The van der Waals surface area contributed by atoms with Crippen LogP contribution in [0.4, 0.5) is 4.39 Å². The van der Waals surface area contributed by atoms with Crippen LogP contribution in [0.5, 0.6) is 11.5 Å². The predicted molar refractivity (Wildman–Crippen MR) is 70.5 cm³/mol. The van der Waals surface area contributed by atoms with E-state index in [2.05, 4.69) is 0 Å². The Bertz CT molecular complexity index is 557. The Balaban J connectivity index is 2.25. The summed E-state index contributed by atoms with van der Waals surface area (Å²) in [6, 6.07) is 11.3. The third-order valence-corrected chi connectivity index (χ3v) is 2.80. The van der Waals surface area contributed by atoms with Crippen LogP contribution in [0.25, 0.3) is 0 Å². The van der Waals surface area contributed by atoms with Gasteiger partial charge in [0.1, 0.15) is 17.3 Å². The van der Waals surface area contributed by atoms with E-state index in [1.54, 1.807) is 6.07 Å². The fourth-order valence-corrected chi connectivity index (χ4v) is 1.75. The largest absolute Gasteiger partial charge is 0.456 e. The Hall–Kier alpha value is -1.58. The summed E-state index contributed by atoms with van der Waals surface area (Å²) in [5.74, 6) is 0.648. The maximum absolute atomic E-state index is 12.9. The molecule has 0 spiro atoms.